The molecule has 0 saturated carbocycles. The van der Waals surface area contributed by atoms with Crippen LogP contribution in [0.5, 0.6) is 0 Å². The lowest BCUT2D eigenvalue weighted by Gasteiger charge is -2.02. The Balaban J connectivity index is 3.17. The quantitative estimate of drug-likeness (QED) is 0.683. The molecule has 68 valence electrons. The number of hydrogen-bond acceptors (Lipinski definition) is 1. The molecule has 1 rings (SSSR count). The molecule has 0 unspecified atom stereocenters. The maximum atomic E-state index is 4.49. The molecule has 1 aromatic heterocycles. The van der Waals surface area contributed by atoms with E-state index in [9.17, 15) is 0 Å². The molecule has 0 aliphatic carbocycles. The number of hydrogen-bond donors (Lipinski definition) is 0. The van der Waals surface area contributed by atoms with Crippen molar-refractivity contribution in [3.8, 4) is 0 Å². The first kappa shape index (κ1) is 9.72. The second-order valence-electron chi connectivity index (χ2n) is 2.83. The molecule has 0 bridgehead atoms. The minimum atomic E-state index is 0.974. The van der Waals surface area contributed by atoms with E-state index in [1.165, 1.54) is 0 Å². The molecule has 0 radical (unpaired) electrons. The van der Waals surface area contributed by atoms with E-state index in [4.69, 9.17) is 0 Å². The highest BCUT2D eigenvalue weighted by Gasteiger charge is 1.98. The Kier molecular flexibility index (Phi) is 3.44. The summed E-state index contributed by atoms with van der Waals surface area (Å²) < 4.78 is 0. The number of aromatic nitrogens is 1. The van der Waals surface area contributed by atoms with Gasteiger partial charge in [0.05, 0.1) is 5.69 Å². The Morgan fingerprint density at radius 2 is 2.23 bits per heavy atom. The second kappa shape index (κ2) is 4.61. The molecule has 1 aromatic rings. The number of nitrogens with zero attached hydrogens (tertiary/aromatic N) is 1. The molecular weight excluding hydrogens is 158 g/mol. The monoisotopic (exact) mass is 173 g/mol. The molecule has 1 nitrogen and oxygen atoms in total. The summed E-state index contributed by atoms with van der Waals surface area (Å²) in [5.74, 6) is 0. The fraction of sp³-hybridized carbons (Fsp3) is 0.250. The zero-order valence-corrected chi connectivity index (χ0v) is 8.25. The van der Waals surface area contributed by atoms with Crippen molar-refractivity contribution >= 4 is 12.2 Å². The van der Waals surface area contributed by atoms with E-state index in [2.05, 4.69) is 24.6 Å². The largest absolute Gasteiger partial charge is 0.253 e. The van der Waals surface area contributed by atoms with Gasteiger partial charge < -0.3 is 0 Å². The van der Waals surface area contributed by atoms with Crippen molar-refractivity contribution in [3.05, 3.63) is 41.7 Å². The van der Waals surface area contributed by atoms with Crippen molar-refractivity contribution in [2.75, 3.05) is 0 Å². The molecule has 0 aliphatic heterocycles. The van der Waals surface area contributed by atoms with Gasteiger partial charge in [-0.1, -0.05) is 31.7 Å². The molecule has 0 amide bonds. The van der Waals surface area contributed by atoms with E-state index in [0.29, 0.717) is 0 Å². The summed E-state index contributed by atoms with van der Waals surface area (Å²) >= 11 is 0. The Morgan fingerprint density at radius 3 is 2.77 bits per heavy atom. The topological polar surface area (TPSA) is 12.9 Å². The average Bonchev–Trinajstić information content (AvgIpc) is 2.18. The molecule has 0 spiro atoms. The predicted molar refractivity (Wildman–Crippen MR) is 58.4 cm³/mol. The fourth-order valence-corrected chi connectivity index (χ4v) is 1.19. The van der Waals surface area contributed by atoms with E-state index in [-0.39, 0.29) is 0 Å². The number of aryl methyl sites for hydroxylation is 1. The lowest BCUT2D eigenvalue weighted by molar-refractivity contribution is 1.03. The van der Waals surface area contributed by atoms with Crippen molar-refractivity contribution in [1.82, 2.24) is 4.98 Å². The molecule has 0 aliphatic rings. The molecule has 0 atom stereocenters. The molecular formula is C12H15N. The number of pyridine rings is 1. The van der Waals surface area contributed by atoms with Gasteiger partial charge in [-0.05, 0) is 31.1 Å². The van der Waals surface area contributed by atoms with Crippen LogP contribution in [0, 0.1) is 0 Å². The van der Waals surface area contributed by atoms with Crippen LogP contribution < -0.4 is 0 Å². The van der Waals surface area contributed by atoms with Crippen molar-refractivity contribution < 1.29 is 0 Å². The third kappa shape index (κ3) is 2.28. The van der Waals surface area contributed by atoms with Crippen LogP contribution in [0.25, 0.3) is 12.2 Å². The summed E-state index contributed by atoms with van der Waals surface area (Å²) in [7, 11) is 0. The van der Waals surface area contributed by atoms with Gasteiger partial charge in [0.2, 0.25) is 0 Å². The molecule has 0 N–H and O–H groups in total. The SMILES string of the molecule is C=Cc1ccc(CC)nc1/C=C/C. The molecule has 1 heterocycles. The Hall–Kier alpha value is -1.37. The summed E-state index contributed by atoms with van der Waals surface area (Å²) in [5, 5.41) is 0. The maximum absolute atomic E-state index is 4.49. The minimum Gasteiger partial charge on any atom is -0.253 e. The lowest BCUT2D eigenvalue weighted by atomic mass is 10.1. The third-order valence-electron chi connectivity index (χ3n) is 1.92. The van der Waals surface area contributed by atoms with E-state index < -0.39 is 0 Å². The minimum absolute atomic E-state index is 0.974. The second-order valence-corrected chi connectivity index (χ2v) is 2.83. The molecule has 1 heteroatoms. The maximum Gasteiger partial charge on any atom is 0.0701 e. The summed E-state index contributed by atoms with van der Waals surface area (Å²) in [6.07, 6.45) is 6.81. The van der Waals surface area contributed by atoms with E-state index >= 15 is 0 Å². The molecule has 0 aromatic carbocycles. The zero-order valence-electron chi connectivity index (χ0n) is 8.25. The Bertz CT molecular complexity index is 324. The molecule has 13 heavy (non-hydrogen) atoms. The van der Waals surface area contributed by atoms with Crippen LogP contribution in [0.4, 0.5) is 0 Å². The first-order valence-corrected chi connectivity index (χ1v) is 4.56. The summed E-state index contributed by atoms with van der Waals surface area (Å²) in [6, 6.07) is 4.11. The fourth-order valence-electron chi connectivity index (χ4n) is 1.19. The highest BCUT2D eigenvalue weighted by molar-refractivity contribution is 5.61. The Morgan fingerprint density at radius 1 is 1.46 bits per heavy atom. The van der Waals surface area contributed by atoms with Gasteiger partial charge in [0, 0.05) is 5.69 Å². The van der Waals surface area contributed by atoms with Crippen LogP contribution in [0.3, 0.4) is 0 Å². The van der Waals surface area contributed by atoms with Gasteiger partial charge in [-0.2, -0.15) is 0 Å². The van der Waals surface area contributed by atoms with Gasteiger partial charge in [0.25, 0.3) is 0 Å². The van der Waals surface area contributed by atoms with E-state index in [1.807, 2.05) is 31.2 Å². The molecule has 0 fully saturated rings. The highest BCUT2D eigenvalue weighted by Crippen LogP contribution is 2.11. The van der Waals surface area contributed by atoms with Gasteiger partial charge in [-0.15, -0.1) is 0 Å². The van der Waals surface area contributed by atoms with Gasteiger partial charge in [-0.3, -0.25) is 4.98 Å². The van der Waals surface area contributed by atoms with Gasteiger partial charge in [0.1, 0.15) is 0 Å². The zero-order chi connectivity index (χ0) is 9.68. The van der Waals surface area contributed by atoms with Gasteiger partial charge in [-0.25, -0.2) is 0 Å². The predicted octanol–water partition coefficient (Wildman–Crippen LogP) is 3.32. The van der Waals surface area contributed by atoms with Gasteiger partial charge >= 0.3 is 0 Å². The molecule has 0 saturated heterocycles. The van der Waals surface area contributed by atoms with Crippen LogP contribution in [0.15, 0.2) is 24.8 Å². The first-order valence-electron chi connectivity index (χ1n) is 4.56. The van der Waals surface area contributed by atoms with Crippen LogP contribution in [0.1, 0.15) is 30.8 Å². The number of rotatable bonds is 3. The standard InChI is InChI=1S/C12H15N/c1-4-7-12-10(5-2)8-9-11(6-3)13-12/h4-5,7-9H,2,6H2,1,3H3/b7-4+. The highest BCUT2D eigenvalue weighted by atomic mass is 14.7. The van der Waals surface area contributed by atoms with Crippen molar-refractivity contribution in [2.24, 2.45) is 0 Å². The summed E-state index contributed by atoms with van der Waals surface area (Å²) in [6.45, 7) is 7.86. The van der Waals surface area contributed by atoms with Crippen molar-refractivity contribution in [1.29, 1.82) is 0 Å². The van der Waals surface area contributed by atoms with E-state index in [0.717, 1.165) is 23.4 Å². The normalized spacial score (nSPS) is 10.6. The van der Waals surface area contributed by atoms with Crippen molar-refractivity contribution in [2.45, 2.75) is 20.3 Å². The summed E-state index contributed by atoms with van der Waals surface area (Å²) in [5.41, 5.74) is 3.23. The smallest absolute Gasteiger partial charge is 0.0701 e. The summed E-state index contributed by atoms with van der Waals surface area (Å²) in [4.78, 5) is 4.49. The number of allylic oxidation sites excluding steroid dienone is 1. The Labute approximate surface area is 79.8 Å². The van der Waals surface area contributed by atoms with Crippen LogP contribution in [-0.2, 0) is 6.42 Å². The van der Waals surface area contributed by atoms with Gasteiger partial charge in [0.15, 0.2) is 0 Å². The lowest BCUT2D eigenvalue weighted by Crippen LogP contribution is -1.92. The van der Waals surface area contributed by atoms with Crippen LogP contribution in [0.2, 0.25) is 0 Å². The van der Waals surface area contributed by atoms with E-state index in [1.54, 1.807) is 0 Å². The van der Waals surface area contributed by atoms with Crippen molar-refractivity contribution in [3.63, 3.8) is 0 Å². The van der Waals surface area contributed by atoms with Crippen LogP contribution >= 0.6 is 0 Å². The third-order valence-corrected chi connectivity index (χ3v) is 1.92. The first-order chi connectivity index (χ1) is 6.31. The average molecular weight is 173 g/mol. The van der Waals surface area contributed by atoms with Crippen LogP contribution in [-0.4, -0.2) is 4.98 Å².